The zero-order valence-electron chi connectivity index (χ0n) is 19.4. The number of aryl methyl sites for hydroxylation is 1. The third-order valence-electron chi connectivity index (χ3n) is 5.85. The SMILES string of the molecule is Cl.O=C(O)c1ccc(-c2ccc3c(c2)CC[C@H](CNCC(O)COc2ccc([NH+]([O-])O)cc2)O3)cc1. The van der Waals surface area contributed by atoms with Crippen molar-refractivity contribution in [3.63, 3.8) is 0 Å². The van der Waals surface area contributed by atoms with E-state index in [1.54, 1.807) is 24.3 Å². The molecule has 0 aliphatic carbocycles. The summed E-state index contributed by atoms with van der Waals surface area (Å²) in [6.07, 6.45) is 0.963. The maximum Gasteiger partial charge on any atom is 0.335 e. The molecule has 5 N–H and O–H groups in total. The number of nitrogens with one attached hydrogen (secondary N) is 2. The summed E-state index contributed by atoms with van der Waals surface area (Å²) in [7, 11) is 0. The maximum atomic E-state index is 11.0. The van der Waals surface area contributed by atoms with Crippen molar-refractivity contribution < 1.29 is 34.9 Å². The summed E-state index contributed by atoms with van der Waals surface area (Å²) in [6.45, 7) is 1.01. The Morgan fingerprint density at radius 2 is 1.81 bits per heavy atom. The second-order valence-electron chi connectivity index (χ2n) is 8.44. The minimum atomic E-state index is -0.999. The van der Waals surface area contributed by atoms with Gasteiger partial charge in [0.15, 0.2) is 5.69 Å². The minimum Gasteiger partial charge on any atom is -0.595 e. The summed E-state index contributed by atoms with van der Waals surface area (Å²) in [6, 6.07) is 18.8. The first kappa shape index (κ1) is 27.4. The highest BCUT2D eigenvalue weighted by Crippen LogP contribution is 2.32. The standard InChI is InChI=1S/C26H28N2O7.ClH/c29-22(16-34-23-10-7-21(8-11-23)28(32)33)14-27-15-24-9-5-20-13-19(6-12-25(20)35-24)17-1-3-18(4-2-17)26(30)31;/h1-4,6-8,10-13,22,24,27-29,32H,5,9,14-16H2,(H,30,31);1H/t22?,24-;/m1./s1. The van der Waals surface area contributed by atoms with Crippen molar-refractivity contribution in [3.8, 4) is 22.6 Å². The molecule has 0 saturated heterocycles. The van der Waals surface area contributed by atoms with Crippen molar-refractivity contribution in [1.29, 1.82) is 0 Å². The molecule has 192 valence electrons. The highest BCUT2D eigenvalue weighted by molar-refractivity contribution is 5.88. The van der Waals surface area contributed by atoms with Gasteiger partial charge in [-0.3, -0.25) is 0 Å². The first-order valence-electron chi connectivity index (χ1n) is 11.4. The molecule has 10 heteroatoms. The number of halogens is 1. The first-order chi connectivity index (χ1) is 16.9. The number of carboxylic acid groups (broad SMARTS) is 1. The predicted octanol–water partition coefficient (Wildman–Crippen LogP) is 2.60. The van der Waals surface area contributed by atoms with E-state index in [0.29, 0.717) is 18.8 Å². The minimum absolute atomic E-state index is 0. The van der Waals surface area contributed by atoms with Crippen LogP contribution in [0.25, 0.3) is 11.1 Å². The number of aliphatic hydroxyl groups excluding tert-OH is 1. The van der Waals surface area contributed by atoms with Gasteiger partial charge < -0.3 is 30.2 Å². The van der Waals surface area contributed by atoms with Crippen molar-refractivity contribution in [1.82, 2.24) is 5.32 Å². The monoisotopic (exact) mass is 516 g/mol. The molecule has 1 aliphatic rings. The maximum absolute atomic E-state index is 11.0. The molecule has 0 fully saturated rings. The summed E-state index contributed by atoms with van der Waals surface area (Å²) >= 11 is 0. The number of benzene rings is 3. The molecule has 0 saturated carbocycles. The molecular weight excluding hydrogens is 488 g/mol. The van der Waals surface area contributed by atoms with E-state index in [1.807, 2.05) is 24.3 Å². The Morgan fingerprint density at radius 1 is 1.11 bits per heavy atom. The van der Waals surface area contributed by atoms with Crippen LogP contribution in [0.1, 0.15) is 22.3 Å². The van der Waals surface area contributed by atoms with Crippen LogP contribution in [-0.2, 0) is 6.42 Å². The molecule has 0 aromatic heterocycles. The fraction of sp³-hybridized carbons (Fsp3) is 0.269. The Hall–Kier alpha value is -3.18. The van der Waals surface area contributed by atoms with Gasteiger partial charge in [-0.2, -0.15) is 5.23 Å². The summed E-state index contributed by atoms with van der Waals surface area (Å²) in [4.78, 5) is 11.0. The van der Waals surface area contributed by atoms with Crippen LogP contribution in [0.3, 0.4) is 0 Å². The molecule has 0 amide bonds. The Kier molecular flexibility index (Phi) is 9.65. The van der Waals surface area contributed by atoms with Crippen LogP contribution in [0, 0.1) is 5.21 Å². The zero-order chi connectivity index (χ0) is 24.8. The van der Waals surface area contributed by atoms with Gasteiger partial charge in [-0.25, -0.2) is 10.0 Å². The van der Waals surface area contributed by atoms with Crippen molar-refractivity contribution >= 4 is 24.1 Å². The molecule has 3 aromatic rings. The van der Waals surface area contributed by atoms with Gasteiger partial charge in [0.25, 0.3) is 0 Å². The second kappa shape index (κ2) is 12.7. The highest BCUT2D eigenvalue weighted by atomic mass is 35.5. The summed E-state index contributed by atoms with van der Waals surface area (Å²) in [5, 5.41) is 41.3. The number of aromatic carboxylic acids is 1. The summed E-state index contributed by atoms with van der Waals surface area (Å²) in [5.74, 6) is 0.392. The fourth-order valence-corrected chi connectivity index (χ4v) is 3.93. The Labute approximate surface area is 214 Å². The number of carboxylic acids is 1. The van der Waals surface area contributed by atoms with Crippen LogP contribution in [0.4, 0.5) is 5.69 Å². The summed E-state index contributed by atoms with van der Waals surface area (Å²) < 4.78 is 11.6. The van der Waals surface area contributed by atoms with E-state index in [4.69, 9.17) is 19.8 Å². The lowest BCUT2D eigenvalue weighted by atomic mass is 9.96. The Bertz CT molecular complexity index is 1140. The molecule has 36 heavy (non-hydrogen) atoms. The summed E-state index contributed by atoms with van der Waals surface area (Å²) in [5.41, 5.74) is 3.52. The second-order valence-corrected chi connectivity index (χ2v) is 8.44. The van der Waals surface area contributed by atoms with E-state index < -0.39 is 17.3 Å². The molecule has 0 bridgehead atoms. The molecule has 9 nitrogen and oxygen atoms in total. The van der Waals surface area contributed by atoms with E-state index in [-0.39, 0.29) is 36.4 Å². The van der Waals surface area contributed by atoms with Crippen LogP contribution < -0.4 is 20.0 Å². The smallest absolute Gasteiger partial charge is 0.335 e. The number of hydrogen-bond donors (Lipinski definition) is 5. The lowest BCUT2D eigenvalue weighted by Gasteiger charge is -2.27. The molecule has 4 rings (SSSR count). The Morgan fingerprint density at radius 3 is 2.47 bits per heavy atom. The zero-order valence-corrected chi connectivity index (χ0v) is 20.2. The first-order valence-corrected chi connectivity index (χ1v) is 11.4. The van der Waals surface area contributed by atoms with Crippen molar-refractivity contribution in [2.45, 2.75) is 25.0 Å². The van der Waals surface area contributed by atoms with Gasteiger partial charge in [-0.15, -0.1) is 12.4 Å². The van der Waals surface area contributed by atoms with Gasteiger partial charge in [-0.05, 0) is 65.9 Å². The largest absolute Gasteiger partial charge is 0.595 e. The number of aliphatic hydroxyl groups is 1. The van der Waals surface area contributed by atoms with Gasteiger partial charge in [0.1, 0.15) is 30.3 Å². The van der Waals surface area contributed by atoms with Gasteiger partial charge >= 0.3 is 5.97 Å². The molecule has 0 spiro atoms. The van der Waals surface area contributed by atoms with Gasteiger partial charge in [0.05, 0.1) is 5.56 Å². The number of hydrogen-bond acceptors (Lipinski definition) is 7. The van der Waals surface area contributed by atoms with Crippen LogP contribution in [0.2, 0.25) is 0 Å². The molecule has 3 aromatic carbocycles. The van der Waals surface area contributed by atoms with Crippen molar-refractivity contribution in [3.05, 3.63) is 83.1 Å². The Balaban J connectivity index is 0.00000361. The van der Waals surface area contributed by atoms with Gasteiger partial charge in [-0.1, -0.05) is 18.2 Å². The van der Waals surface area contributed by atoms with E-state index in [0.717, 1.165) is 35.3 Å². The molecule has 3 atom stereocenters. The predicted molar refractivity (Wildman–Crippen MR) is 135 cm³/mol. The van der Waals surface area contributed by atoms with Crippen LogP contribution in [0.15, 0.2) is 66.7 Å². The average Bonchev–Trinajstić information content (AvgIpc) is 2.87. The van der Waals surface area contributed by atoms with E-state index >= 15 is 0 Å². The van der Waals surface area contributed by atoms with E-state index in [2.05, 4.69) is 11.4 Å². The molecule has 1 heterocycles. The van der Waals surface area contributed by atoms with Crippen LogP contribution in [-0.4, -0.2) is 53.3 Å². The molecule has 1 aliphatic heterocycles. The number of quaternary nitrogens is 1. The molecule has 2 unspecified atom stereocenters. The third-order valence-corrected chi connectivity index (χ3v) is 5.85. The van der Waals surface area contributed by atoms with Gasteiger partial charge in [0, 0.05) is 25.2 Å². The molecular formula is C26H29ClN2O7. The lowest BCUT2D eigenvalue weighted by molar-refractivity contribution is -0.991. The average molecular weight is 517 g/mol. The van der Waals surface area contributed by atoms with E-state index in [1.165, 1.54) is 12.1 Å². The lowest BCUT2D eigenvalue weighted by Crippen LogP contribution is -2.99. The number of carbonyl (C=O) groups is 1. The van der Waals surface area contributed by atoms with Crippen molar-refractivity contribution in [2.24, 2.45) is 0 Å². The highest BCUT2D eigenvalue weighted by Gasteiger charge is 2.20. The number of ether oxygens (including phenoxy) is 2. The fourth-order valence-electron chi connectivity index (χ4n) is 3.93. The van der Waals surface area contributed by atoms with Crippen molar-refractivity contribution in [2.75, 3.05) is 19.7 Å². The third kappa shape index (κ3) is 7.17. The quantitative estimate of drug-likeness (QED) is 0.259. The van der Waals surface area contributed by atoms with Crippen LogP contribution >= 0.6 is 12.4 Å². The van der Waals surface area contributed by atoms with E-state index in [9.17, 15) is 15.1 Å². The van der Waals surface area contributed by atoms with Crippen LogP contribution in [0.5, 0.6) is 11.5 Å². The van der Waals surface area contributed by atoms with Gasteiger partial charge in [0.2, 0.25) is 0 Å². The normalized spacial score (nSPS) is 16.1. The number of rotatable bonds is 10. The number of fused-ring (bicyclic) bond motifs is 1. The molecule has 0 radical (unpaired) electrons. The topological polar surface area (TPSA) is 136 Å².